The number of methoxy groups -OCH3 is 1. The zero-order valence-electron chi connectivity index (χ0n) is 18.0. The maximum Gasteiger partial charge on any atom is 0.254 e. The van der Waals surface area contributed by atoms with Gasteiger partial charge in [0.15, 0.2) is 0 Å². The van der Waals surface area contributed by atoms with Crippen LogP contribution in [0.15, 0.2) is 72.8 Å². The van der Waals surface area contributed by atoms with E-state index >= 15 is 0 Å². The van der Waals surface area contributed by atoms with Gasteiger partial charge in [-0.05, 0) is 47.0 Å². The molecule has 4 nitrogen and oxygen atoms in total. The molecule has 0 spiro atoms. The fourth-order valence-electron chi connectivity index (χ4n) is 4.27. The summed E-state index contributed by atoms with van der Waals surface area (Å²) in [5.74, 6) is -0.592. The number of rotatable bonds is 6. The van der Waals surface area contributed by atoms with Crippen LogP contribution >= 0.6 is 0 Å². The van der Waals surface area contributed by atoms with Crippen molar-refractivity contribution in [3.05, 3.63) is 107 Å². The number of carbonyl (C=O) groups excluding carboxylic acids is 1. The van der Waals surface area contributed by atoms with Crippen molar-refractivity contribution in [3.8, 4) is 0 Å². The average molecular weight is 437 g/mol. The normalized spacial score (nSPS) is 14.7. The second kappa shape index (κ2) is 10.0. The maximum absolute atomic E-state index is 13.5. The molecule has 0 radical (unpaired) electrons. The molecule has 32 heavy (non-hydrogen) atoms. The summed E-state index contributed by atoms with van der Waals surface area (Å²) in [4.78, 5) is 17.3. The summed E-state index contributed by atoms with van der Waals surface area (Å²) in [7, 11) is 1.62. The lowest BCUT2D eigenvalue weighted by Gasteiger charge is -2.40. The van der Waals surface area contributed by atoms with E-state index in [2.05, 4.69) is 4.90 Å². The summed E-state index contributed by atoms with van der Waals surface area (Å²) in [6.07, 6.45) is 0. The van der Waals surface area contributed by atoms with E-state index in [1.54, 1.807) is 31.4 Å². The van der Waals surface area contributed by atoms with Crippen LogP contribution in [0.1, 0.15) is 33.1 Å². The van der Waals surface area contributed by atoms with Crippen LogP contribution in [0.25, 0.3) is 0 Å². The molecule has 3 aromatic rings. The molecule has 0 atom stereocenters. The molecule has 1 aliphatic heterocycles. The number of piperazine rings is 1. The molecule has 1 amide bonds. The first-order valence-corrected chi connectivity index (χ1v) is 10.7. The fourth-order valence-corrected chi connectivity index (χ4v) is 4.27. The Bertz CT molecular complexity index is 1000. The Kier molecular flexibility index (Phi) is 6.93. The lowest BCUT2D eigenvalue weighted by molar-refractivity contribution is 0.0593. The highest BCUT2D eigenvalue weighted by atomic mass is 19.1. The largest absolute Gasteiger partial charge is 0.380 e. The molecule has 0 unspecified atom stereocenters. The predicted molar refractivity (Wildman–Crippen MR) is 119 cm³/mol. The number of hydrogen-bond donors (Lipinski definition) is 0. The van der Waals surface area contributed by atoms with E-state index in [1.807, 2.05) is 29.2 Å². The topological polar surface area (TPSA) is 32.8 Å². The molecule has 1 saturated heterocycles. The van der Waals surface area contributed by atoms with Gasteiger partial charge < -0.3 is 9.64 Å². The quantitative estimate of drug-likeness (QED) is 0.564. The Morgan fingerprint density at radius 3 is 1.91 bits per heavy atom. The van der Waals surface area contributed by atoms with E-state index in [0.717, 1.165) is 16.7 Å². The number of nitrogens with zero attached hydrogens (tertiary/aromatic N) is 2. The van der Waals surface area contributed by atoms with Crippen molar-refractivity contribution in [1.82, 2.24) is 9.80 Å². The number of amides is 1. The lowest BCUT2D eigenvalue weighted by Crippen LogP contribution is -2.50. The van der Waals surface area contributed by atoms with Gasteiger partial charge in [-0.2, -0.15) is 0 Å². The van der Waals surface area contributed by atoms with Crippen LogP contribution in [0.3, 0.4) is 0 Å². The van der Waals surface area contributed by atoms with Crippen molar-refractivity contribution in [2.45, 2.75) is 12.6 Å². The number of carbonyl (C=O) groups is 1. The predicted octanol–water partition coefficient (Wildman–Crippen LogP) is 4.66. The zero-order valence-corrected chi connectivity index (χ0v) is 18.0. The van der Waals surface area contributed by atoms with Crippen LogP contribution in [0.5, 0.6) is 0 Å². The van der Waals surface area contributed by atoms with E-state index in [1.165, 1.54) is 24.3 Å². The highest BCUT2D eigenvalue weighted by Gasteiger charge is 2.29. The SMILES string of the molecule is COCc1ccccc1C(=O)N1CCN(C(c2ccc(F)cc2)c2ccc(F)cc2)CC1. The molecule has 1 fully saturated rings. The molecule has 3 aromatic carbocycles. The van der Waals surface area contributed by atoms with E-state index in [-0.39, 0.29) is 23.6 Å². The summed E-state index contributed by atoms with van der Waals surface area (Å²) < 4.78 is 32.3. The molecule has 1 heterocycles. The molecule has 166 valence electrons. The zero-order chi connectivity index (χ0) is 22.5. The highest BCUT2D eigenvalue weighted by Crippen LogP contribution is 2.30. The lowest BCUT2D eigenvalue weighted by atomic mass is 9.96. The molecule has 6 heteroatoms. The molecule has 0 N–H and O–H groups in total. The third-order valence-electron chi connectivity index (χ3n) is 5.89. The van der Waals surface area contributed by atoms with Crippen LogP contribution in [0, 0.1) is 11.6 Å². The minimum atomic E-state index is -0.295. The van der Waals surface area contributed by atoms with Gasteiger partial charge in [0.25, 0.3) is 5.91 Å². The summed E-state index contributed by atoms with van der Waals surface area (Å²) in [5, 5.41) is 0. The Hall–Kier alpha value is -3.09. The summed E-state index contributed by atoms with van der Waals surface area (Å²) in [5.41, 5.74) is 3.40. The first-order valence-electron chi connectivity index (χ1n) is 10.7. The Labute approximate surface area is 187 Å². The van der Waals surface area contributed by atoms with Gasteiger partial charge in [0.1, 0.15) is 11.6 Å². The molecule has 0 bridgehead atoms. The second-order valence-electron chi connectivity index (χ2n) is 7.92. The van der Waals surface area contributed by atoms with E-state index in [4.69, 9.17) is 4.74 Å². The van der Waals surface area contributed by atoms with Gasteiger partial charge in [0.2, 0.25) is 0 Å². The first kappa shape index (κ1) is 22.1. The molecule has 1 aliphatic rings. The van der Waals surface area contributed by atoms with Crippen molar-refractivity contribution in [3.63, 3.8) is 0 Å². The highest BCUT2D eigenvalue weighted by molar-refractivity contribution is 5.95. The van der Waals surface area contributed by atoms with Gasteiger partial charge in [-0.25, -0.2) is 8.78 Å². The summed E-state index contributed by atoms with van der Waals surface area (Å²) in [6.45, 7) is 2.83. The number of benzene rings is 3. The van der Waals surface area contributed by atoms with Crippen LogP contribution in [-0.2, 0) is 11.3 Å². The summed E-state index contributed by atoms with van der Waals surface area (Å²) in [6, 6.07) is 20.2. The van der Waals surface area contributed by atoms with E-state index in [0.29, 0.717) is 38.3 Å². The van der Waals surface area contributed by atoms with Crippen LogP contribution in [0.2, 0.25) is 0 Å². The van der Waals surface area contributed by atoms with Gasteiger partial charge in [-0.3, -0.25) is 9.69 Å². The van der Waals surface area contributed by atoms with Crippen molar-refractivity contribution in [2.24, 2.45) is 0 Å². The third kappa shape index (κ3) is 4.87. The minimum absolute atomic E-state index is 0.00239. The molecule has 0 aromatic heterocycles. The van der Waals surface area contributed by atoms with Crippen LogP contribution < -0.4 is 0 Å². The average Bonchev–Trinajstić information content (AvgIpc) is 2.82. The summed E-state index contributed by atoms with van der Waals surface area (Å²) >= 11 is 0. The maximum atomic E-state index is 13.5. The Morgan fingerprint density at radius 2 is 1.38 bits per heavy atom. The van der Waals surface area contributed by atoms with Gasteiger partial charge >= 0.3 is 0 Å². The molecule has 4 rings (SSSR count). The molecule has 0 saturated carbocycles. The number of halogens is 2. The van der Waals surface area contributed by atoms with E-state index in [9.17, 15) is 13.6 Å². The van der Waals surface area contributed by atoms with Gasteiger partial charge in [-0.1, -0.05) is 42.5 Å². The Balaban J connectivity index is 1.53. The third-order valence-corrected chi connectivity index (χ3v) is 5.89. The van der Waals surface area contributed by atoms with Crippen LogP contribution in [-0.4, -0.2) is 49.0 Å². The van der Waals surface area contributed by atoms with Crippen molar-refractivity contribution >= 4 is 5.91 Å². The van der Waals surface area contributed by atoms with Crippen molar-refractivity contribution < 1.29 is 18.3 Å². The van der Waals surface area contributed by atoms with Crippen molar-refractivity contribution in [2.75, 3.05) is 33.3 Å². The van der Waals surface area contributed by atoms with Gasteiger partial charge in [-0.15, -0.1) is 0 Å². The molecule has 0 aliphatic carbocycles. The first-order chi connectivity index (χ1) is 15.6. The van der Waals surface area contributed by atoms with Gasteiger partial charge in [0.05, 0.1) is 12.6 Å². The second-order valence-corrected chi connectivity index (χ2v) is 7.92. The molecular weight excluding hydrogens is 410 g/mol. The fraction of sp³-hybridized carbons (Fsp3) is 0.269. The van der Waals surface area contributed by atoms with Gasteiger partial charge in [0, 0.05) is 38.9 Å². The Morgan fingerprint density at radius 1 is 0.844 bits per heavy atom. The van der Waals surface area contributed by atoms with Crippen molar-refractivity contribution in [1.29, 1.82) is 0 Å². The number of ether oxygens (including phenoxy) is 1. The minimum Gasteiger partial charge on any atom is -0.380 e. The molecular formula is C26H26F2N2O2. The number of hydrogen-bond acceptors (Lipinski definition) is 3. The smallest absolute Gasteiger partial charge is 0.254 e. The van der Waals surface area contributed by atoms with Crippen LogP contribution in [0.4, 0.5) is 8.78 Å². The van der Waals surface area contributed by atoms with E-state index < -0.39 is 0 Å². The standard InChI is InChI=1S/C26H26F2N2O2/c1-32-18-21-4-2-3-5-24(21)26(31)30-16-14-29(15-17-30)25(19-6-10-22(27)11-7-19)20-8-12-23(28)13-9-20/h2-13,25H,14-18H2,1H3. The monoisotopic (exact) mass is 436 g/mol.